The maximum atomic E-state index is 11.7. The molecule has 0 fully saturated rings. The first-order chi connectivity index (χ1) is 12.2. The minimum atomic E-state index is -0.124. The van der Waals surface area contributed by atoms with Crippen LogP contribution in [0.4, 0.5) is 5.82 Å². The number of rotatable bonds is 6. The number of hydrogen-bond donors (Lipinski definition) is 2. The zero-order valence-electron chi connectivity index (χ0n) is 14.8. The van der Waals surface area contributed by atoms with Gasteiger partial charge in [-0.1, -0.05) is 25.0 Å². The number of hydrogen-bond acceptors (Lipinski definition) is 4. The van der Waals surface area contributed by atoms with Crippen molar-refractivity contribution in [1.29, 1.82) is 0 Å². The van der Waals surface area contributed by atoms with Gasteiger partial charge in [-0.25, -0.2) is 9.97 Å². The number of aromatic amines is 1. The molecule has 0 bridgehead atoms. The third-order valence-electron chi connectivity index (χ3n) is 4.58. The van der Waals surface area contributed by atoms with Crippen molar-refractivity contribution in [1.82, 2.24) is 15.0 Å². The van der Waals surface area contributed by atoms with E-state index in [9.17, 15) is 4.79 Å². The predicted molar refractivity (Wildman–Crippen MR) is 102 cm³/mol. The van der Waals surface area contributed by atoms with Crippen LogP contribution in [0.2, 0.25) is 0 Å². The highest BCUT2D eigenvalue weighted by atomic mass is 16.1. The minimum Gasteiger partial charge on any atom is -0.370 e. The van der Waals surface area contributed by atoms with Gasteiger partial charge in [-0.05, 0) is 50.7 Å². The number of anilines is 1. The number of allylic oxidation sites excluding steroid dienone is 1. The van der Waals surface area contributed by atoms with E-state index in [-0.39, 0.29) is 5.56 Å². The molecule has 0 unspecified atom stereocenters. The summed E-state index contributed by atoms with van der Waals surface area (Å²) in [7, 11) is 0. The minimum absolute atomic E-state index is 0.124. The van der Waals surface area contributed by atoms with Crippen molar-refractivity contribution >= 4 is 5.82 Å². The highest BCUT2D eigenvalue weighted by molar-refractivity contribution is 5.55. The van der Waals surface area contributed by atoms with Crippen LogP contribution in [0.5, 0.6) is 0 Å². The summed E-state index contributed by atoms with van der Waals surface area (Å²) < 4.78 is 0. The van der Waals surface area contributed by atoms with Crippen molar-refractivity contribution in [2.45, 2.75) is 51.9 Å². The van der Waals surface area contributed by atoms with Crippen molar-refractivity contribution in [2.24, 2.45) is 0 Å². The van der Waals surface area contributed by atoms with E-state index in [0.717, 1.165) is 36.5 Å². The van der Waals surface area contributed by atoms with Gasteiger partial charge in [0, 0.05) is 30.1 Å². The van der Waals surface area contributed by atoms with Gasteiger partial charge in [0.2, 0.25) is 0 Å². The van der Waals surface area contributed by atoms with Crippen LogP contribution in [0.25, 0.3) is 11.4 Å². The monoisotopic (exact) mass is 338 g/mol. The third kappa shape index (κ3) is 5.02. The largest absolute Gasteiger partial charge is 0.370 e. The molecule has 132 valence electrons. The van der Waals surface area contributed by atoms with Gasteiger partial charge in [0.15, 0.2) is 0 Å². The maximum absolute atomic E-state index is 11.7. The van der Waals surface area contributed by atoms with Gasteiger partial charge in [0.1, 0.15) is 11.6 Å². The number of nitrogens with zero attached hydrogens (tertiary/aromatic N) is 2. The van der Waals surface area contributed by atoms with Crippen molar-refractivity contribution in [3.8, 4) is 11.4 Å². The molecule has 25 heavy (non-hydrogen) atoms. The summed E-state index contributed by atoms with van der Waals surface area (Å²) in [4.78, 5) is 23.4. The number of pyridine rings is 1. The summed E-state index contributed by atoms with van der Waals surface area (Å²) in [6.45, 7) is 2.89. The lowest BCUT2D eigenvalue weighted by Crippen LogP contribution is -2.10. The molecule has 2 aromatic heterocycles. The Kier molecular flexibility index (Phi) is 5.99. The number of H-pyrrole nitrogens is 1. The lowest BCUT2D eigenvalue weighted by Gasteiger charge is -2.09. The molecule has 0 aromatic carbocycles. The first-order valence-electron chi connectivity index (χ1n) is 9.23. The van der Waals surface area contributed by atoms with Crippen LogP contribution < -0.4 is 10.9 Å². The average Bonchev–Trinajstić information content (AvgIpc) is 2.90. The van der Waals surface area contributed by atoms with Crippen molar-refractivity contribution in [2.75, 3.05) is 11.9 Å². The smallest absolute Gasteiger partial charge is 0.251 e. The van der Waals surface area contributed by atoms with Crippen LogP contribution in [0.1, 0.15) is 51.1 Å². The van der Waals surface area contributed by atoms with Crippen molar-refractivity contribution < 1.29 is 0 Å². The SMILES string of the molecule is CCc1cc(=O)[nH]c(-c2ccc(NCCC3=CCCCCC3)nc2)n1. The molecule has 2 aromatic rings. The fraction of sp³-hybridized carbons (Fsp3) is 0.450. The molecular formula is C20H26N4O. The summed E-state index contributed by atoms with van der Waals surface area (Å²) in [5, 5.41) is 3.38. The second-order valence-electron chi connectivity index (χ2n) is 6.51. The van der Waals surface area contributed by atoms with Crippen LogP contribution in [0.3, 0.4) is 0 Å². The Morgan fingerprint density at radius 1 is 1.24 bits per heavy atom. The van der Waals surface area contributed by atoms with E-state index in [1.807, 2.05) is 19.1 Å². The van der Waals surface area contributed by atoms with E-state index >= 15 is 0 Å². The highest BCUT2D eigenvalue weighted by Gasteiger charge is 2.05. The fourth-order valence-electron chi connectivity index (χ4n) is 3.12. The lowest BCUT2D eigenvalue weighted by molar-refractivity contribution is 0.704. The molecular weight excluding hydrogens is 312 g/mol. The number of nitrogens with one attached hydrogen (secondary N) is 2. The van der Waals surface area contributed by atoms with Gasteiger partial charge in [-0.3, -0.25) is 4.79 Å². The topological polar surface area (TPSA) is 70.7 Å². The zero-order valence-corrected chi connectivity index (χ0v) is 14.8. The van der Waals surface area contributed by atoms with Crippen molar-refractivity contribution in [3.63, 3.8) is 0 Å². The molecule has 0 saturated carbocycles. The summed E-state index contributed by atoms with van der Waals surface area (Å²) >= 11 is 0. The molecule has 0 aliphatic heterocycles. The Morgan fingerprint density at radius 2 is 2.16 bits per heavy atom. The van der Waals surface area contributed by atoms with Gasteiger partial charge >= 0.3 is 0 Å². The summed E-state index contributed by atoms with van der Waals surface area (Å²) in [6, 6.07) is 5.42. The first-order valence-corrected chi connectivity index (χ1v) is 9.23. The van der Waals surface area contributed by atoms with Gasteiger partial charge in [0.05, 0.1) is 0 Å². The molecule has 3 rings (SSSR count). The number of aryl methyl sites for hydroxylation is 1. The Hall–Kier alpha value is -2.43. The zero-order chi connectivity index (χ0) is 17.5. The molecule has 0 saturated heterocycles. The number of aromatic nitrogens is 3. The van der Waals surface area contributed by atoms with Crippen LogP contribution >= 0.6 is 0 Å². The molecule has 0 spiro atoms. The van der Waals surface area contributed by atoms with Crippen LogP contribution in [-0.4, -0.2) is 21.5 Å². The first kappa shape index (κ1) is 17.4. The van der Waals surface area contributed by atoms with Crippen LogP contribution in [0.15, 0.2) is 40.8 Å². The Morgan fingerprint density at radius 3 is 2.96 bits per heavy atom. The standard InChI is InChI=1S/C20H26N4O/c1-2-17-13-19(25)24-20(23-17)16-9-10-18(22-14-16)21-12-11-15-7-5-3-4-6-8-15/h7,9-10,13-14H,2-6,8,11-12H2,1H3,(H,21,22)(H,23,24,25). The van der Waals surface area contributed by atoms with Gasteiger partial charge in [0.25, 0.3) is 5.56 Å². The average molecular weight is 338 g/mol. The van der Waals surface area contributed by atoms with E-state index in [1.54, 1.807) is 11.8 Å². The van der Waals surface area contributed by atoms with Gasteiger partial charge in [-0.2, -0.15) is 0 Å². The Balaban J connectivity index is 1.59. The van der Waals surface area contributed by atoms with Gasteiger partial charge < -0.3 is 10.3 Å². The summed E-state index contributed by atoms with van der Waals surface area (Å²) in [5.74, 6) is 1.43. The quantitative estimate of drug-likeness (QED) is 0.778. The normalized spacial score (nSPS) is 14.7. The molecule has 5 heteroatoms. The Bertz CT molecular complexity index is 777. The molecule has 5 nitrogen and oxygen atoms in total. The summed E-state index contributed by atoms with van der Waals surface area (Å²) in [5.41, 5.74) is 3.06. The van der Waals surface area contributed by atoms with E-state index in [2.05, 4.69) is 26.3 Å². The molecule has 0 amide bonds. The molecule has 0 atom stereocenters. The molecule has 2 N–H and O–H groups in total. The van der Waals surface area contributed by atoms with Crippen LogP contribution in [0, 0.1) is 0 Å². The maximum Gasteiger partial charge on any atom is 0.251 e. The van der Waals surface area contributed by atoms with E-state index < -0.39 is 0 Å². The predicted octanol–water partition coefficient (Wildman–Crippen LogP) is 4.09. The molecule has 1 aliphatic rings. The third-order valence-corrected chi connectivity index (χ3v) is 4.58. The Labute approximate surface area is 148 Å². The molecule has 1 aliphatic carbocycles. The lowest BCUT2D eigenvalue weighted by atomic mass is 10.1. The van der Waals surface area contributed by atoms with Crippen LogP contribution in [-0.2, 0) is 6.42 Å². The fourth-order valence-corrected chi connectivity index (χ4v) is 3.12. The second-order valence-corrected chi connectivity index (χ2v) is 6.51. The van der Waals surface area contributed by atoms with E-state index in [0.29, 0.717) is 5.82 Å². The van der Waals surface area contributed by atoms with E-state index in [1.165, 1.54) is 38.2 Å². The van der Waals surface area contributed by atoms with Crippen molar-refractivity contribution in [3.05, 3.63) is 52.1 Å². The second kappa shape index (κ2) is 8.60. The van der Waals surface area contributed by atoms with Gasteiger partial charge in [-0.15, -0.1) is 0 Å². The summed E-state index contributed by atoms with van der Waals surface area (Å²) in [6.07, 6.45) is 12.4. The molecule has 0 radical (unpaired) electrons. The highest BCUT2D eigenvalue weighted by Crippen LogP contribution is 2.20. The van der Waals surface area contributed by atoms with E-state index in [4.69, 9.17) is 0 Å². The molecule has 2 heterocycles.